The van der Waals surface area contributed by atoms with Gasteiger partial charge in [0.05, 0.1) is 36.2 Å². The molecule has 128 valence electrons. The Kier molecular flexibility index (Phi) is 3.96. The largest absolute Gasteiger partial charge is 0.333 e. The molecule has 1 aliphatic heterocycles. The Morgan fingerprint density at radius 1 is 1.24 bits per heavy atom. The number of rotatable bonds is 3. The van der Waals surface area contributed by atoms with Gasteiger partial charge >= 0.3 is 0 Å². The van der Waals surface area contributed by atoms with Crippen LogP contribution in [0, 0.1) is 6.92 Å². The van der Waals surface area contributed by atoms with Crippen molar-refractivity contribution in [3.8, 4) is 0 Å². The van der Waals surface area contributed by atoms with Crippen molar-refractivity contribution in [2.45, 2.75) is 33.0 Å². The minimum Gasteiger partial charge on any atom is -0.333 e. The van der Waals surface area contributed by atoms with E-state index < -0.39 is 0 Å². The van der Waals surface area contributed by atoms with E-state index >= 15 is 0 Å². The Bertz CT molecular complexity index is 885. The van der Waals surface area contributed by atoms with Crippen LogP contribution in [0.2, 0.25) is 0 Å². The number of aromatic nitrogens is 7. The molecule has 0 unspecified atom stereocenters. The third-order valence-electron chi connectivity index (χ3n) is 4.36. The van der Waals surface area contributed by atoms with Crippen molar-refractivity contribution in [1.29, 1.82) is 0 Å². The second-order valence-electron chi connectivity index (χ2n) is 6.06. The number of fused-ring (bicyclic) bond motifs is 1. The van der Waals surface area contributed by atoms with E-state index in [1.807, 2.05) is 16.5 Å². The molecule has 0 atom stereocenters. The Hall–Kier alpha value is -3.10. The predicted molar refractivity (Wildman–Crippen MR) is 87.5 cm³/mol. The average molecular weight is 338 g/mol. The SMILES string of the molecule is Cc1cnnn1Cc1nnn2c1CN(C(=O)c1cccnc1)CCC2. The molecule has 9 nitrogen and oxygen atoms in total. The third kappa shape index (κ3) is 3.00. The Balaban J connectivity index is 1.60. The number of carbonyl (C=O) groups excluding carboxylic acids is 1. The summed E-state index contributed by atoms with van der Waals surface area (Å²) < 4.78 is 3.67. The monoisotopic (exact) mass is 338 g/mol. The predicted octanol–water partition coefficient (Wildman–Crippen LogP) is 0.667. The fourth-order valence-electron chi connectivity index (χ4n) is 2.97. The Morgan fingerprint density at radius 2 is 2.16 bits per heavy atom. The van der Waals surface area contributed by atoms with Crippen LogP contribution in [0.15, 0.2) is 30.7 Å². The van der Waals surface area contributed by atoms with Gasteiger partial charge in [0.25, 0.3) is 5.91 Å². The van der Waals surface area contributed by atoms with Crippen molar-refractivity contribution in [2.24, 2.45) is 0 Å². The lowest BCUT2D eigenvalue weighted by atomic mass is 10.2. The molecule has 0 aromatic carbocycles. The zero-order valence-electron chi connectivity index (χ0n) is 13.9. The first-order chi connectivity index (χ1) is 12.2. The second-order valence-corrected chi connectivity index (χ2v) is 6.06. The molecule has 1 aliphatic rings. The maximum Gasteiger partial charge on any atom is 0.255 e. The Labute approximate surface area is 144 Å². The van der Waals surface area contributed by atoms with Gasteiger partial charge in [-0.25, -0.2) is 9.36 Å². The average Bonchev–Trinajstić information content (AvgIpc) is 3.14. The fourth-order valence-corrected chi connectivity index (χ4v) is 2.97. The molecule has 9 heteroatoms. The molecule has 0 bridgehead atoms. The zero-order chi connectivity index (χ0) is 17.2. The van der Waals surface area contributed by atoms with Crippen molar-refractivity contribution in [2.75, 3.05) is 6.54 Å². The molecule has 0 radical (unpaired) electrons. The van der Waals surface area contributed by atoms with E-state index in [1.54, 1.807) is 35.4 Å². The number of nitrogens with zero attached hydrogens (tertiary/aromatic N) is 8. The second kappa shape index (κ2) is 6.42. The first kappa shape index (κ1) is 15.4. The summed E-state index contributed by atoms with van der Waals surface area (Å²) in [6.45, 7) is 4.34. The molecule has 3 aromatic heterocycles. The summed E-state index contributed by atoms with van der Waals surface area (Å²) in [7, 11) is 0. The van der Waals surface area contributed by atoms with Gasteiger partial charge < -0.3 is 4.90 Å². The first-order valence-electron chi connectivity index (χ1n) is 8.18. The zero-order valence-corrected chi connectivity index (χ0v) is 13.9. The molecule has 3 aromatic rings. The van der Waals surface area contributed by atoms with E-state index in [0.717, 1.165) is 30.0 Å². The number of hydrogen-bond acceptors (Lipinski definition) is 6. The topological polar surface area (TPSA) is 94.6 Å². The van der Waals surface area contributed by atoms with Crippen LogP contribution in [0.4, 0.5) is 0 Å². The maximum atomic E-state index is 12.8. The van der Waals surface area contributed by atoms with Crippen LogP contribution in [0.1, 0.15) is 33.9 Å². The van der Waals surface area contributed by atoms with Gasteiger partial charge in [0, 0.05) is 25.5 Å². The summed E-state index contributed by atoms with van der Waals surface area (Å²) in [5, 5.41) is 16.5. The van der Waals surface area contributed by atoms with E-state index in [1.165, 1.54) is 0 Å². The smallest absolute Gasteiger partial charge is 0.255 e. The van der Waals surface area contributed by atoms with E-state index in [0.29, 0.717) is 25.2 Å². The molecule has 25 heavy (non-hydrogen) atoms. The summed E-state index contributed by atoms with van der Waals surface area (Å²) in [4.78, 5) is 18.6. The molecule has 4 heterocycles. The number of carbonyl (C=O) groups is 1. The van der Waals surface area contributed by atoms with Crippen molar-refractivity contribution >= 4 is 5.91 Å². The van der Waals surface area contributed by atoms with Gasteiger partial charge in [0.1, 0.15) is 5.69 Å². The molecule has 0 fully saturated rings. The molecule has 4 rings (SSSR count). The lowest BCUT2D eigenvalue weighted by molar-refractivity contribution is 0.0745. The molecular formula is C16H18N8O. The van der Waals surface area contributed by atoms with Gasteiger partial charge in [-0.2, -0.15) is 0 Å². The molecule has 0 saturated heterocycles. The quantitative estimate of drug-likeness (QED) is 0.696. The highest BCUT2D eigenvalue weighted by atomic mass is 16.2. The van der Waals surface area contributed by atoms with Gasteiger partial charge in [0.2, 0.25) is 0 Å². The minimum atomic E-state index is -0.0226. The highest BCUT2D eigenvalue weighted by Gasteiger charge is 2.24. The van der Waals surface area contributed by atoms with Gasteiger partial charge in [0.15, 0.2) is 0 Å². The molecule has 0 spiro atoms. The summed E-state index contributed by atoms with van der Waals surface area (Å²) in [5.41, 5.74) is 3.32. The van der Waals surface area contributed by atoms with Crippen LogP contribution in [0.25, 0.3) is 0 Å². The minimum absolute atomic E-state index is 0.0226. The maximum absolute atomic E-state index is 12.8. The number of hydrogen-bond donors (Lipinski definition) is 0. The number of aryl methyl sites for hydroxylation is 2. The molecule has 1 amide bonds. The molecule has 0 saturated carbocycles. The van der Waals surface area contributed by atoms with Crippen LogP contribution in [0.3, 0.4) is 0 Å². The summed E-state index contributed by atoms with van der Waals surface area (Å²) >= 11 is 0. The van der Waals surface area contributed by atoms with E-state index in [-0.39, 0.29) is 5.91 Å². The van der Waals surface area contributed by atoms with Gasteiger partial charge in [-0.1, -0.05) is 10.4 Å². The van der Waals surface area contributed by atoms with Crippen molar-refractivity contribution in [3.63, 3.8) is 0 Å². The molecular weight excluding hydrogens is 320 g/mol. The van der Waals surface area contributed by atoms with Gasteiger partial charge in [-0.05, 0) is 25.5 Å². The normalized spacial score (nSPS) is 14.2. The van der Waals surface area contributed by atoms with Crippen molar-refractivity contribution in [3.05, 3.63) is 53.4 Å². The van der Waals surface area contributed by atoms with E-state index in [2.05, 4.69) is 25.6 Å². The van der Waals surface area contributed by atoms with Crippen molar-refractivity contribution in [1.82, 2.24) is 39.9 Å². The highest BCUT2D eigenvalue weighted by molar-refractivity contribution is 5.93. The summed E-state index contributed by atoms with van der Waals surface area (Å²) in [5.74, 6) is -0.0226. The third-order valence-corrected chi connectivity index (χ3v) is 4.36. The number of pyridine rings is 1. The van der Waals surface area contributed by atoms with E-state index in [9.17, 15) is 4.79 Å². The first-order valence-corrected chi connectivity index (χ1v) is 8.18. The standard InChI is InChI=1S/C16H18N8O/c1-12-8-18-20-24(12)10-14-15-11-22(6-3-7-23(15)21-19-14)16(25)13-4-2-5-17-9-13/h2,4-5,8-9H,3,6-7,10-11H2,1H3. The summed E-state index contributed by atoms with van der Waals surface area (Å²) in [6, 6.07) is 3.56. The Morgan fingerprint density at radius 3 is 2.92 bits per heavy atom. The molecule has 0 aliphatic carbocycles. The van der Waals surface area contributed by atoms with Crippen LogP contribution < -0.4 is 0 Å². The highest BCUT2D eigenvalue weighted by Crippen LogP contribution is 2.17. The van der Waals surface area contributed by atoms with Crippen LogP contribution in [0.5, 0.6) is 0 Å². The van der Waals surface area contributed by atoms with E-state index in [4.69, 9.17) is 0 Å². The van der Waals surface area contributed by atoms with Gasteiger partial charge in [-0.3, -0.25) is 9.78 Å². The van der Waals surface area contributed by atoms with Gasteiger partial charge in [-0.15, -0.1) is 10.2 Å². The lowest BCUT2D eigenvalue weighted by Crippen LogP contribution is -2.31. The number of amides is 1. The summed E-state index contributed by atoms with van der Waals surface area (Å²) in [6.07, 6.45) is 5.81. The molecule has 0 N–H and O–H groups in total. The fraction of sp³-hybridized carbons (Fsp3) is 0.375. The van der Waals surface area contributed by atoms with Crippen LogP contribution in [-0.4, -0.2) is 52.3 Å². The lowest BCUT2D eigenvalue weighted by Gasteiger charge is -2.20. The van der Waals surface area contributed by atoms with Crippen LogP contribution in [-0.2, 0) is 19.6 Å². The van der Waals surface area contributed by atoms with Crippen LogP contribution >= 0.6 is 0 Å². The van der Waals surface area contributed by atoms with Crippen molar-refractivity contribution < 1.29 is 4.79 Å².